The van der Waals surface area contributed by atoms with Gasteiger partial charge in [-0.25, -0.2) is 0 Å². The lowest BCUT2D eigenvalue weighted by molar-refractivity contribution is -0.117. The van der Waals surface area contributed by atoms with Crippen molar-refractivity contribution in [3.05, 3.63) is 11.8 Å². The van der Waals surface area contributed by atoms with Gasteiger partial charge in [0.1, 0.15) is 5.76 Å². The number of allylic oxidation sites excluding steroid dienone is 1. The van der Waals surface area contributed by atoms with E-state index in [2.05, 4.69) is 0 Å². The number of hydrogen-bond donors (Lipinski definition) is 1. The number of aliphatic hydroxyl groups is 1. The van der Waals surface area contributed by atoms with E-state index < -0.39 is 4.75 Å². The summed E-state index contributed by atoms with van der Waals surface area (Å²) in [5.41, 5.74) is 0. The molecule has 0 aromatic rings. The van der Waals surface area contributed by atoms with E-state index >= 15 is 0 Å². The molecule has 14 heavy (non-hydrogen) atoms. The molecule has 0 bridgehead atoms. The third-order valence-electron chi connectivity index (χ3n) is 2.94. The highest BCUT2D eigenvalue weighted by Gasteiger charge is 2.46. The van der Waals surface area contributed by atoms with Gasteiger partial charge in [0.2, 0.25) is 0 Å². The first kappa shape index (κ1) is 11.6. The molecule has 3 heteroatoms. The van der Waals surface area contributed by atoms with Gasteiger partial charge in [-0.3, -0.25) is 4.79 Å². The largest absolute Gasteiger partial charge is 0.511 e. The number of carbonyl (C=O) groups is 1. The van der Waals surface area contributed by atoms with Gasteiger partial charge < -0.3 is 5.11 Å². The molecule has 0 aliphatic carbocycles. The van der Waals surface area contributed by atoms with E-state index in [0.717, 1.165) is 0 Å². The Morgan fingerprint density at radius 1 is 1.36 bits per heavy atom. The Bertz CT molecular complexity index is 292. The van der Waals surface area contributed by atoms with Crippen LogP contribution in [0.3, 0.4) is 0 Å². The van der Waals surface area contributed by atoms with E-state index in [0.29, 0.717) is 0 Å². The molecule has 80 valence electrons. The van der Waals surface area contributed by atoms with Crippen LogP contribution in [0.5, 0.6) is 0 Å². The molecule has 0 amide bonds. The summed E-state index contributed by atoms with van der Waals surface area (Å²) >= 11 is 1.55. The van der Waals surface area contributed by atoms with Crippen molar-refractivity contribution in [2.24, 2.45) is 5.92 Å². The number of ketones is 1. The first-order chi connectivity index (χ1) is 6.20. The van der Waals surface area contributed by atoms with Gasteiger partial charge in [0.15, 0.2) is 5.78 Å². The second kappa shape index (κ2) is 3.30. The van der Waals surface area contributed by atoms with Crippen LogP contribution in [-0.2, 0) is 4.79 Å². The average molecular weight is 214 g/mol. The molecule has 1 atom stereocenters. The Morgan fingerprint density at radius 3 is 2.29 bits per heavy atom. The summed E-state index contributed by atoms with van der Waals surface area (Å²) in [6.45, 7) is 9.91. The van der Waals surface area contributed by atoms with Crippen LogP contribution in [0.2, 0.25) is 0 Å². The molecule has 1 aliphatic rings. The predicted octanol–water partition coefficient (Wildman–Crippen LogP) is 2.94. The third kappa shape index (κ3) is 1.70. The Balaban J connectivity index is 3.13. The quantitative estimate of drug-likeness (QED) is 0.729. The highest BCUT2D eigenvalue weighted by molar-refractivity contribution is 8.03. The number of hydrogen-bond acceptors (Lipinski definition) is 3. The van der Waals surface area contributed by atoms with Gasteiger partial charge in [-0.15, -0.1) is 11.8 Å². The Hall–Kier alpha value is -0.440. The summed E-state index contributed by atoms with van der Waals surface area (Å²) < 4.78 is -0.761. The summed E-state index contributed by atoms with van der Waals surface area (Å²) in [5, 5.41) is 9.64. The molecule has 1 N–H and O–H groups in total. The minimum atomic E-state index is -0.407. The normalized spacial score (nSPS) is 31.9. The Labute approximate surface area is 89.8 Å². The van der Waals surface area contributed by atoms with E-state index in [4.69, 9.17) is 0 Å². The van der Waals surface area contributed by atoms with Crippen LogP contribution in [0.4, 0.5) is 0 Å². The lowest BCUT2D eigenvalue weighted by Gasteiger charge is -2.41. The molecule has 0 saturated heterocycles. The van der Waals surface area contributed by atoms with Gasteiger partial charge in [-0.1, -0.05) is 13.8 Å². The predicted molar refractivity (Wildman–Crippen MR) is 60.6 cm³/mol. The number of aliphatic hydroxyl groups excluding tert-OH is 1. The topological polar surface area (TPSA) is 37.3 Å². The summed E-state index contributed by atoms with van der Waals surface area (Å²) in [4.78, 5) is 11.8. The second-order valence-electron chi connectivity index (χ2n) is 4.77. The summed E-state index contributed by atoms with van der Waals surface area (Å²) in [6, 6.07) is 0. The first-order valence-corrected chi connectivity index (χ1v) is 5.67. The Kier molecular flexibility index (Phi) is 2.74. The SMILES string of the molecule is CC(C)C1(C)SC(C)(C)C(O)=CC1=O. The standard InChI is InChI=1S/C11H18O2S/c1-7(2)11(5)9(13)6-8(12)10(3,4)14-11/h6-7,12H,1-5H3. The van der Waals surface area contributed by atoms with Crippen LogP contribution in [0.15, 0.2) is 11.8 Å². The van der Waals surface area contributed by atoms with E-state index in [-0.39, 0.29) is 22.2 Å². The summed E-state index contributed by atoms with van der Waals surface area (Å²) in [6.07, 6.45) is 1.39. The van der Waals surface area contributed by atoms with Gasteiger partial charge in [0.25, 0.3) is 0 Å². The lowest BCUT2D eigenvalue weighted by Crippen LogP contribution is -2.44. The average Bonchev–Trinajstić information content (AvgIpc) is 2.00. The van der Waals surface area contributed by atoms with Crippen molar-refractivity contribution in [1.82, 2.24) is 0 Å². The zero-order chi connectivity index (χ0) is 11.1. The number of rotatable bonds is 1. The lowest BCUT2D eigenvalue weighted by atomic mass is 9.90. The molecule has 1 rings (SSSR count). The van der Waals surface area contributed by atoms with Crippen molar-refractivity contribution in [1.29, 1.82) is 0 Å². The fraction of sp³-hybridized carbons (Fsp3) is 0.727. The molecule has 1 aliphatic heterocycles. The van der Waals surface area contributed by atoms with E-state index in [1.165, 1.54) is 6.08 Å². The van der Waals surface area contributed by atoms with E-state index in [1.54, 1.807) is 11.8 Å². The minimum absolute atomic E-state index is 0.0225. The molecule has 0 radical (unpaired) electrons. The zero-order valence-electron chi connectivity index (χ0n) is 9.42. The maximum absolute atomic E-state index is 11.8. The molecule has 1 unspecified atom stereocenters. The molecule has 0 fully saturated rings. The third-order valence-corrected chi connectivity index (χ3v) is 4.76. The molecule has 0 saturated carbocycles. The van der Waals surface area contributed by atoms with Gasteiger partial charge in [-0.2, -0.15) is 0 Å². The smallest absolute Gasteiger partial charge is 0.175 e. The van der Waals surface area contributed by atoms with Crippen molar-refractivity contribution in [3.8, 4) is 0 Å². The van der Waals surface area contributed by atoms with Crippen LogP contribution >= 0.6 is 11.8 Å². The van der Waals surface area contributed by atoms with Crippen molar-refractivity contribution in [2.75, 3.05) is 0 Å². The van der Waals surface area contributed by atoms with Crippen LogP contribution in [0.1, 0.15) is 34.6 Å². The molecule has 0 aromatic heterocycles. The monoisotopic (exact) mass is 214 g/mol. The van der Waals surface area contributed by atoms with Crippen LogP contribution in [0.25, 0.3) is 0 Å². The molecule has 2 nitrogen and oxygen atoms in total. The Morgan fingerprint density at radius 2 is 1.86 bits per heavy atom. The summed E-state index contributed by atoms with van der Waals surface area (Å²) in [7, 11) is 0. The molecular formula is C11H18O2S. The van der Waals surface area contributed by atoms with Crippen molar-refractivity contribution >= 4 is 17.5 Å². The second-order valence-corrected chi connectivity index (χ2v) is 6.84. The molecular weight excluding hydrogens is 196 g/mol. The van der Waals surface area contributed by atoms with Gasteiger partial charge in [0, 0.05) is 6.08 Å². The number of thioether (sulfide) groups is 1. The fourth-order valence-electron chi connectivity index (χ4n) is 1.48. The fourth-order valence-corrected chi connectivity index (χ4v) is 3.10. The van der Waals surface area contributed by atoms with E-state index in [1.807, 2.05) is 34.6 Å². The maximum Gasteiger partial charge on any atom is 0.175 e. The molecule has 0 aromatic carbocycles. The zero-order valence-corrected chi connectivity index (χ0v) is 10.2. The van der Waals surface area contributed by atoms with Crippen LogP contribution in [-0.4, -0.2) is 20.4 Å². The van der Waals surface area contributed by atoms with Crippen molar-refractivity contribution < 1.29 is 9.90 Å². The highest BCUT2D eigenvalue weighted by Crippen LogP contribution is 2.48. The maximum atomic E-state index is 11.8. The summed E-state index contributed by atoms with van der Waals surface area (Å²) in [5.74, 6) is 0.476. The van der Waals surface area contributed by atoms with Gasteiger partial charge in [-0.05, 0) is 26.7 Å². The van der Waals surface area contributed by atoms with Crippen LogP contribution < -0.4 is 0 Å². The van der Waals surface area contributed by atoms with Crippen LogP contribution in [0, 0.1) is 5.92 Å². The van der Waals surface area contributed by atoms with E-state index in [9.17, 15) is 9.90 Å². The minimum Gasteiger partial charge on any atom is -0.511 e. The van der Waals surface area contributed by atoms with Crippen molar-refractivity contribution in [2.45, 2.75) is 44.1 Å². The molecule has 0 spiro atoms. The highest BCUT2D eigenvalue weighted by atomic mass is 32.2. The van der Waals surface area contributed by atoms with Crippen molar-refractivity contribution in [3.63, 3.8) is 0 Å². The van der Waals surface area contributed by atoms with Gasteiger partial charge in [0.05, 0.1) is 9.49 Å². The molecule has 1 heterocycles. The number of carbonyl (C=O) groups excluding carboxylic acids is 1. The first-order valence-electron chi connectivity index (χ1n) is 4.86. The van der Waals surface area contributed by atoms with Gasteiger partial charge >= 0.3 is 0 Å².